The molecule has 2 heterocycles. The van der Waals surface area contributed by atoms with Gasteiger partial charge >= 0.3 is 0 Å². The molecule has 2 aromatic rings. The maximum atomic E-state index is 12.3. The molecule has 0 bridgehead atoms. The zero-order valence-corrected chi connectivity index (χ0v) is 13.3. The Labute approximate surface area is 139 Å². The molecule has 0 saturated heterocycles. The number of carbonyl (C=O) groups is 1. The summed E-state index contributed by atoms with van der Waals surface area (Å²) in [6.07, 6.45) is 1.09. The number of fused-ring (bicyclic) bond motifs is 1. The average Bonchev–Trinajstić information content (AvgIpc) is 2.59. The Kier molecular flexibility index (Phi) is 4.79. The van der Waals surface area contributed by atoms with E-state index in [0.29, 0.717) is 31.0 Å². The van der Waals surface area contributed by atoms with Gasteiger partial charge in [-0.1, -0.05) is 12.1 Å². The monoisotopic (exact) mass is 329 g/mol. The molecule has 2 atom stereocenters. The highest BCUT2D eigenvalue weighted by Gasteiger charge is 2.33. The van der Waals surface area contributed by atoms with Crippen molar-refractivity contribution < 1.29 is 14.3 Å². The van der Waals surface area contributed by atoms with Crippen LogP contribution < -0.4 is 20.3 Å². The van der Waals surface area contributed by atoms with E-state index in [9.17, 15) is 9.59 Å². The van der Waals surface area contributed by atoms with Gasteiger partial charge in [0.2, 0.25) is 6.10 Å². The number of benzene rings is 1. The van der Waals surface area contributed by atoms with Gasteiger partial charge in [0.05, 0.1) is 0 Å². The third-order valence-corrected chi connectivity index (χ3v) is 3.73. The summed E-state index contributed by atoms with van der Waals surface area (Å²) in [5, 5.41) is 6.78. The summed E-state index contributed by atoms with van der Waals surface area (Å²) in [5.74, 6) is 0.977. The fraction of sp³-hybridized carbons (Fsp3) is 0.353. The molecule has 126 valence electrons. The fourth-order valence-corrected chi connectivity index (χ4v) is 2.50. The zero-order valence-electron chi connectivity index (χ0n) is 13.3. The number of para-hydroxylation sites is 2. The summed E-state index contributed by atoms with van der Waals surface area (Å²) in [4.78, 5) is 23.8. The third-order valence-electron chi connectivity index (χ3n) is 3.73. The van der Waals surface area contributed by atoms with Gasteiger partial charge < -0.3 is 14.8 Å². The lowest BCUT2D eigenvalue weighted by atomic mass is 10.1. The predicted molar refractivity (Wildman–Crippen MR) is 87.1 cm³/mol. The molecule has 0 spiro atoms. The highest BCUT2D eigenvalue weighted by atomic mass is 16.6. The van der Waals surface area contributed by atoms with E-state index in [0.717, 1.165) is 0 Å². The van der Waals surface area contributed by atoms with Gasteiger partial charge in [-0.2, -0.15) is 5.10 Å². The highest BCUT2D eigenvalue weighted by Crippen LogP contribution is 2.33. The highest BCUT2D eigenvalue weighted by molar-refractivity contribution is 5.82. The Morgan fingerprint density at radius 3 is 2.71 bits per heavy atom. The van der Waals surface area contributed by atoms with Crippen molar-refractivity contribution >= 4 is 5.91 Å². The van der Waals surface area contributed by atoms with Crippen LogP contribution in [0.1, 0.15) is 13.3 Å². The molecule has 0 unspecified atom stereocenters. The minimum Gasteiger partial charge on any atom is -0.482 e. The van der Waals surface area contributed by atoms with E-state index >= 15 is 0 Å². The minimum absolute atomic E-state index is 0.155. The maximum absolute atomic E-state index is 12.3. The standard InChI is InChI=1S/C17H19N3O4/c1-12-16(24-14-7-3-2-6-13(14)23-12)17(22)18-9-5-11-20-15(21)8-4-10-19-20/h2-4,6-8,10,12,16H,5,9,11H2,1H3,(H,18,22)/t12-,16+/m0/s1. The van der Waals surface area contributed by atoms with Crippen LogP contribution in [0.3, 0.4) is 0 Å². The number of hydrogen-bond acceptors (Lipinski definition) is 5. The first-order chi connectivity index (χ1) is 11.6. The van der Waals surface area contributed by atoms with Crippen molar-refractivity contribution in [1.82, 2.24) is 15.1 Å². The van der Waals surface area contributed by atoms with Crippen molar-refractivity contribution in [1.29, 1.82) is 0 Å². The molecular formula is C17H19N3O4. The Hall–Kier alpha value is -2.83. The first-order valence-corrected chi connectivity index (χ1v) is 7.87. The van der Waals surface area contributed by atoms with Crippen LogP contribution >= 0.6 is 0 Å². The Bertz CT molecular complexity index is 774. The number of hydrogen-bond donors (Lipinski definition) is 1. The second-order valence-electron chi connectivity index (χ2n) is 5.54. The van der Waals surface area contributed by atoms with Crippen LogP contribution in [0.5, 0.6) is 11.5 Å². The van der Waals surface area contributed by atoms with E-state index in [-0.39, 0.29) is 17.6 Å². The third kappa shape index (κ3) is 3.56. The van der Waals surface area contributed by atoms with Crippen LogP contribution in [0, 0.1) is 0 Å². The van der Waals surface area contributed by atoms with Crippen LogP contribution in [-0.2, 0) is 11.3 Å². The molecule has 24 heavy (non-hydrogen) atoms. The topological polar surface area (TPSA) is 82.4 Å². The number of rotatable bonds is 5. The second kappa shape index (κ2) is 7.16. The average molecular weight is 329 g/mol. The molecule has 0 aliphatic carbocycles. The second-order valence-corrected chi connectivity index (χ2v) is 5.54. The van der Waals surface area contributed by atoms with Gasteiger partial charge in [0.1, 0.15) is 6.10 Å². The molecule has 0 radical (unpaired) electrons. The summed E-state index contributed by atoms with van der Waals surface area (Å²) >= 11 is 0. The molecule has 1 aromatic carbocycles. The normalized spacial score (nSPS) is 18.9. The van der Waals surface area contributed by atoms with Crippen molar-refractivity contribution in [2.75, 3.05) is 6.54 Å². The molecule has 0 saturated carbocycles. The van der Waals surface area contributed by atoms with E-state index in [2.05, 4.69) is 10.4 Å². The van der Waals surface area contributed by atoms with Gasteiger partial charge in [0.15, 0.2) is 11.5 Å². The SMILES string of the molecule is C[C@@H]1Oc2ccccc2O[C@H]1C(=O)NCCCn1ncccc1=O. The molecule has 7 nitrogen and oxygen atoms in total. The van der Waals surface area contributed by atoms with E-state index < -0.39 is 6.10 Å². The lowest BCUT2D eigenvalue weighted by Gasteiger charge is -2.31. The van der Waals surface area contributed by atoms with Crippen LogP contribution in [0.4, 0.5) is 0 Å². The number of aromatic nitrogens is 2. The van der Waals surface area contributed by atoms with Crippen LogP contribution in [0.2, 0.25) is 0 Å². The van der Waals surface area contributed by atoms with Gasteiger partial charge in [-0.3, -0.25) is 9.59 Å². The molecule has 1 aromatic heterocycles. The molecule has 1 aliphatic rings. The summed E-state index contributed by atoms with van der Waals surface area (Å²) in [7, 11) is 0. The van der Waals surface area contributed by atoms with Crippen LogP contribution in [-0.4, -0.2) is 34.4 Å². The lowest BCUT2D eigenvalue weighted by molar-refractivity contribution is -0.133. The van der Waals surface area contributed by atoms with Crippen molar-refractivity contribution in [3.8, 4) is 11.5 Å². The number of ether oxygens (including phenoxy) is 2. The molecule has 1 amide bonds. The van der Waals surface area contributed by atoms with E-state index in [1.807, 2.05) is 18.2 Å². The molecular weight excluding hydrogens is 310 g/mol. The number of aryl methyl sites for hydroxylation is 1. The minimum atomic E-state index is -0.697. The zero-order chi connectivity index (χ0) is 16.9. The first kappa shape index (κ1) is 16.0. The first-order valence-electron chi connectivity index (χ1n) is 7.87. The smallest absolute Gasteiger partial charge is 0.266 e. The van der Waals surface area contributed by atoms with Gasteiger partial charge in [0.25, 0.3) is 11.5 Å². The van der Waals surface area contributed by atoms with Crippen molar-refractivity contribution in [2.24, 2.45) is 0 Å². The van der Waals surface area contributed by atoms with E-state index in [1.165, 1.54) is 10.7 Å². The maximum Gasteiger partial charge on any atom is 0.266 e. The Morgan fingerprint density at radius 2 is 1.96 bits per heavy atom. The van der Waals surface area contributed by atoms with Gasteiger partial charge in [-0.05, 0) is 31.5 Å². The largest absolute Gasteiger partial charge is 0.482 e. The number of nitrogens with one attached hydrogen (secondary N) is 1. The molecule has 1 aliphatic heterocycles. The number of amides is 1. The molecule has 7 heteroatoms. The number of carbonyl (C=O) groups excluding carboxylic acids is 1. The molecule has 1 N–H and O–H groups in total. The fourth-order valence-electron chi connectivity index (χ4n) is 2.50. The van der Waals surface area contributed by atoms with Crippen LogP contribution in [0.15, 0.2) is 47.4 Å². The predicted octanol–water partition coefficient (Wildman–Crippen LogP) is 0.978. The number of nitrogens with zero attached hydrogens (tertiary/aromatic N) is 2. The van der Waals surface area contributed by atoms with Gasteiger partial charge in [0, 0.05) is 25.4 Å². The van der Waals surface area contributed by atoms with Crippen LogP contribution in [0.25, 0.3) is 0 Å². The van der Waals surface area contributed by atoms with E-state index in [1.54, 1.807) is 25.3 Å². The lowest BCUT2D eigenvalue weighted by Crippen LogP contribution is -2.49. The summed E-state index contributed by atoms with van der Waals surface area (Å²) in [5.41, 5.74) is -0.155. The van der Waals surface area contributed by atoms with E-state index in [4.69, 9.17) is 9.47 Å². The molecule has 3 rings (SSSR count). The quantitative estimate of drug-likeness (QED) is 0.827. The summed E-state index contributed by atoms with van der Waals surface area (Å²) < 4.78 is 12.8. The molecule has 0 fully saturated rings. The van der Waals surface area contributed by atoms with Crippen molar-refractivity contribution in [3.05, 3.63) is 52.9 Å². The summed E-state index contributed by atoms with van der Waals surface area (Å²) in [6, 6.07) is 10.3. The Balaban J connectivity index is 1.50. The van der Waals surface area contributed by atoms with Gasteiger partial charge in [-0.15, -0.1) is 0 Å². The van der Waals surface area contributed by atoms with Crippen molar-refractivity contribution in [3.63, 3.8) is 0 Å². The van der Waals surface area contributed by atoms with Gasteiger partial charge in [-0.25, -0.2) is 4.68 Å². The van der Waals surface area contributed by atoms with Crippen molar-refractivity contribution in [2.45, 2.75) is 32.1 Å². The summed E-state index contributed by atoms with van der Waals surface area (Å²) in [6.45, 7) is 2.67. The Morgan fingerprint density at radius 1 is 1.21 bits per heavy atom.